The minimum atomic E-state index is -4.71. The number of hydrogen-bond acceptors (Lipinski definition) is 3. The van der Waals surface area contributed by atoms with Crippen molar-refractivity contribution in [3.05, 3.63) is 53.1 Å². The highest BCUT2D eigenvalue weighted by atomic mass is 19.4. The molecule has 0 aliphatic carbocycles. The second kappa shape index (κ2) is 8.98. The number of carbonyl (C=O) groups excluding carboxylic acids is 2. The lowest BCUT2D eigenvalue weighted by molar-refractivity contribution is -0.137. The van der Waals surface area contributed by atoms with Crippen LogP contribution in [-0.2, 0) is 15.8 Å². The van der Waals surface area contributed by atoms with Crippen molar-refractivity contribution in [3.63, 3.8) is 0 Å². The van der Waals surface area contributed by atoms with Crippen LogP contribution in [0.5, 0.6) is 5.75 Å². The number of benzene rings is 2. The Morgan fingerprint density at radius 3 is 2.31 bits per heavy atom. The lowest BCUT2D eigenvalue weighted by Gasteiger charge is -2.16. The Kier molecular flexibility index (Phi) is 6.89. The Bertz CT molecular complexity index is 909. The van der Waals surface area contributed by atoms with Gasteiger partial charge in [0.2, 0.25) is 5.91 Å². The number of carbonyl (C=O) groups is 2. The predicted molar refractivity (Wildman–Crippen MR) is 105 cm³/mol. The molecule has 0 spiro atoms. The van der Waals surface area contributed by atoms with Crippen LogP contribution in [0, 0.1) is 6.92 Å². The maximum atomic E-state index is 13.3. The van der Waals surface area contributed by atoms with Gasteiger partial charge in [-0.25, -0.2) is 0 Å². The maximum Gasteiger partial charge on any atom is 0.418 e. The molecule has 2 aromatic rings. The summed E-state index contributed by atoms with van der Waals surface area (Å²) in [5, 5.41) is 4.50. The topological polar surface area (TPSA) is 67.4 Å². The van der Waals surface area contributed by atoms with Gasteiger partial charge in [0.25, 0.3) is 5.91 Å². The van der Waals surface area contributed by atoms with Crippen LogP contribution in [0.1, 0.15) is 43.4 Å². The Morgan fingerprint density at radius 1 is 1.07 bits per heavy atom. The predicted octanol–water partition coefficient (Wildman–Crippen LogP) is 5.11. The Hall–Kier alpha value is -3.03. The first-order valence-corrected chi connectivity index (χ1v) is 8.99. The Labute approximate surface area is 167 Å². The lowest BCUT2D eigenvalue weighted by atomic mass is 9.98. The molecule has 2 rings (SSSR count). The number of halogens is 3. The third kappa shape index (κ3) is 6.23. The van der Waals surface area contributed by atoms with Crippen LogP contribution >= 0.6 is 0 Å². The van der Waals surface area contributed by atoms with Crippen molar-refractivity contribution >= 4 is 23.2 Å². The molecule has 0 fully saturated rings. The molecule has 0 aromatic heterocycles. The highest BCUT2D eigenvalue weighted by molar-refractivity contribution is 5.94. The van der Waals surface area contributed by atoms with E-state index in [4.69, 9.17) is 4.74 Å². The normalized spacial score (nSPS) is 11.3. The molecular formula is C21H23F3N2O3. The van der Waals surface area contributed by atoms with Gasteiger partial charge in [-0.3, -0.25) is 9.59 Å². The fourth-order valence-corrected chi connectivity index (χ4v) is 2.89. The zero-order valence-electron chi connectivity index (χ0n) is 16.6. The SMILES string of the molecule is CC(=O)Nc1ccc(NC(=O)COc2ccc(C(C)C)c(C)c2)c(C(F)(F)F)c1. The van der Waals surface area contributed by atoms with E-state index in [0.717, 1.165) is 23.3 Å². The van der Waals surface area contributed by atoms with Gasteiger partial charge in [0, 0.05) is 12.6 Å². The third-order valence-electron chi connectivity index (χ3n) is 4.15. The van der Waals surface area contributed by atoms with Crippen molar-refractivity contribution in [2.24, 2.45) is 0 Å². The summed E-state index contributed by atoms with van der Waals surface area (Å²) in [6.45, 7) is 6.80. The number of alkyl halides is 3. The number of ether oxygens (including phenoxy) is 1. The zero-order valence-corrected chi connectivity index (χ0v) is 16.6. The van der Waals surface area contributed by atoms with E-state index in [2.05, 4.69) is 24.5 Å². The van der Waals surface area contributed by atoms with Gasteiger partial charge in [-0.1, -0.05) is 19.9 Å². The van der Waals surface area contributed by atoms with E-state index < -0.39 is 35.8 Å². The molecule has 0 atom stereocenters. The van der Waals surface area contributed by atoms with E-state index in [0.29, 0.717) is 11.7 Å². The van der Waals surface area contributed by atoms with E-state index in [1.165, 1.54) is 13.0 Å². The molecule has 5 nitrogen and oxygen atoms in total. The molecular weight excluding hydrogens is 385 g/mol. The van der Waals surface area contributed by atoms with Crippen molar-refractivity contribution in [1.82, 2.24) is 0 Å². The quantitative estimate of drug-likeness (QED) is 0.698. The van der Waals surface area contributed by atoms with Gasteiger partial charge in [-0.2, -0.15) is 13.2 Å². The fourth-order valence-electron chi connectivity index (χ4n) is 2.89. The van der Waals surface area contributed by atoms with E-state index in [9.17, 15) is 22.8 Å². The van der Waals surface area contributed by atoms with Crippen LogP contribution in [-0.4, -0.2) is 18.4 Å². The summed E-state index contributed by atoms with van der Waals surface area (Å²) in [5.41, 5.74) is 0.669. The minimum Gasteiger partial charge on any atom is -0.484 e. The summed E-state index contributed by atoms with van der Waals surface area (Å²) >= 11 is 0. The first kappa shape index (κ1) is 22.3. The molecule has 0 saturated heterocycles. The van der Waals surface area contributed by atoms with Gasteiger partial charge in [-0.05, 0) is 54.3 Å². The van der Waals surface area contributed by atoms with E-state index in [-0.39, 0.29) is 5.69 Å². The number of rotatable bonds is 6. The second-order valence-corrected chi connectivity index (χ2v) is 6.95. The molecule has 0 radical (unpaired) electrons. The molecule has 0 bridgehead atoms. The van der Waals surface area contributed by atoms with Crippen LogP contribution in [0.15, 0.2) is 36.4 Å². The first-order valence-electron chi connectivity index (χ1n) is 8.99. The summed E-state index contributed by atoms with van der Waals surface area (Å²) < 4.78 is 45.4. The molecule has 0 heterocycles. The van der Waals surface area contributed by atoms with Gasteiger partial charge in [0.05, 0.1) is 11.3 Å². The molecule has 2 N–H and O–H groups in total. The van der Waals surface area contributed by atoms with Gasteiger partial charge >= 0.3 is 6.18 Å². The number of nitrogens with one attached hydrogen (secondary N) is 2. The first-order chi connectivity index (χ1) is 13.5. The third-order valence-corrected chi connectivity index (χ3v) is 4.15. The summed E-state index contributed by atoms with van der Waals surface area (Å²) in [4.78, 5) is 23.2. The average Bonchev–Trinajstić information content (AvgIpc) is 2.59. The molecule has 0 unspecified atom stereocenters. The van der Waals surface area contributed by atoms with Crippen molar-refractivity contribution < 1.29 is 27.5 Å². The lowest BCUT2D eigenvalue weighted by Crippen LogP contribution is -2.22. The monoisotopic (exact) mass is 408 g/mol. The molecule has 0 aliphatic rings. The maximum absolute atomic E-state index is 13.3. The smallest absolute Gasteiger partial charge is 0.418 e. The van der Waals surface area contributed by atoms with Crippen molar-refractivity contribution in [2.75, 3.05) is 17.2 Å². The number of hydrogen-bond donors (Lipinski definition) is 2. The fraction of sp³-hybridized carbons (Fsp3) is 0.333. The van der Waals surface area contributed by atoms with Crippen molar-refractivity contribution in [3.8, 4) is 5.75 Å². The van der Waals surface area contributed by atoms with Gasteiger partial charge in [0.15, 0.2) is 6.61 Å². The zero-order chi connectivity index (χ0) is 21.8. The molecule has 8 heteroatoms. The van der Waals surface area contributed by atoms with Crippen LogP contribution in [0.4, 0.5) is 24.5 Å². The number of aryl methyl sites for hydroxylation is 1. The summed E-state index contributed by atoms with van der Waals surface area (Å²) in [6, 6.07) is 8.54. The van der Waals surface area contributed by atoms with E-state index in [1.807, 2.05) is 13.0 Å². The molecule has 29 heavy (non-hydrogen) atoms. The largest absolute Gasteiger partial charge is 0.484 e. The van der Waals surface area contributed by atoms with Crippen LogP contribution in [0.25, 0.3) is 0 Å². The van der Waals surface area contributed by atoms with Crippen LogP contribution < -0.4 is 15.4 Å². The standard InChI is InChI=1S/C21H23F3N2O3/c1-12(2)17-7-6-16(9-13(17)3)29-11-20(28)26-19-8-5-15(25-14(4)27)10-18(19)21(22,23)24/h5-10,12H,11H2,1-4H3,(H,25,27)(H,26,28). The van der Waals surface area contributed by atoms with Crippen LogP contribution in [0.2, 0.25) is 0 Å². The van der Waals surface area contributed by atoms with Crippen LogP contribution in [0.3, 0.4) is 0 Å². The Balaban J connectivity index is 2.10. The second-order valence-electron chi connectivity index (χ2n) is 6.95. The molecule has 0 aliphatic heterocycles. The molecule has 0 saturated carbocycles. The Morgan fingerprint density at radius 2 is 1.76 bits per heavy atom. The molecule has 2 aromatic carbocycles. The van der Waals surface area contributed by atoms with Crippen molar-refractivity contribution in [2.45, 2.75) is 39.8 Å². The molecule has 156 valence electrons. The van der Waals surface area contributed by atoms with E-state index in [1.54, 1.807) is 12.1 Å². The average molecular weight is 408 g/mol. The van der Waals surface area contributed by atoms with Gasteiger partial charge < -0.3 is 15.4 Å². The van der Waals surface area contributed by atoms with Gasteiger partial charge in [-0.15, -0.1) is 0 Å². The van der Waals surface area contributed by atoms with E-state index >= 15 is 0 Å². The van der Waals surface area contributed by atoms with Gasteiger partial charge in [0.1, 0.15) is 5.75 Å². The minimum absolute atomic E-state index is 0.0141. The van der Waals surface area contributed by atoms with Crippen molar-refractivity contribution in [1.29, 1.82) is 0 Å². The highest BCUT2D eigenvalue weighted by Crippen LogP contribution is 2.36. The summed E-state index contributed by atoms with van der Waals surface area (Å²) in [5.74, 6) is -0.428. The number of amides is 2. The summed E-state index contributed by atoms with van der Waals surface area (Å²) in [6.07, 6.45) is -4.71. The molecule has 2 amide bonds. The highest BCUT2D eigenvalue weighted by Gasteiger charge is 2.34. The summed E-state index contributed by atoms with van der Waals surface area (Å²) in [7, 11) is 0. The number of anilines is 2.